The first kappa shape index (κ1) is 9.47. The summed E-state index contributed by atoms with van der Waals surface area (Å²) in [4.78, 5) is 3.92. The van der Waals surface area contributed by atoms with Crippen LogP contribution in [0.1, 0.15) is 6.92 Å². The van der Waals surface area contributed by atoms with Gasteiger partial charge < -0.3 is 0 Å². The largest absolute Gasteiger partial charge is 0.246 e. The highest BCUT2D eigenvalue weighted by atomic mass is 32.2. The zero-order chi connectivity index (χ0) is 9.19. The molecule has 0 bridgehead atoms. The van der Waals surface area contributed by atoms with E-state index in [0.717, 1.165) is 0 Å². The van der Waals surface area contributed by atoms with E-state index in [1.54, 1.807) is 18.5 Å². The van der Waals surface area contributed by atoms with Gasteiger partial charge in [0.05, 0.1) is 6.26 Å². The second kappa shape index (κ2) is 3.40. The third kappa shape index (κ3) is 1.95. The van der Waals surface area contributed by atoms with Crippen LogP contribution >= 0.6 is 11.3 Å². The van der Waals surface area contributed by atoms with Gasteiger partial charge in [0.1, 0.15) is 0 Å². The molecule has 0 N–H and O–H groups in total. The summed E-state index contributed by atoms with van der Waals surface area (Å²) in [6, 6.07) is 0. The molecule has 0 aromatic carbocycles. The molecule has 0 aliphatic heterocycles. The molecular formula is C6H10N2O2S2. The minimum absolute atomic E-state index is 0.423. The van der Waals surface area contributed by atoms with Crippen LogP contribution in [0, 0.1) is 0 Å². The summed E-state index contributed by atoms with van der Waals surface area (Å²) in [7, 11) is -3.16. The highest BCUT2D eigenvalue weighted by molar-refractivity contribution is 7.92. The van der Waals surface area contributed by atoms with Crippen molar-refractivity contribution in [2.24, 2.45) is 0 Å². The Morgan fingerprint density at radius 3 is 2.67 bits per heavy atom. The minimum Gasteiger partial charge on any atom is -0.246 e. The maximum Gasteiger partial charge on any atom is 0.234 e. The van der Waals surface area contributed by atoms with Crippen LogP contribution in [-0.4, -0.2) is 26.2 Å². The molecule has 0 unspecified atom stereocenters. The molecule has 6 heteroatoms. The van der Waals surface area contributed by atoms with Crippen LogP contribution in [-0.2, 0) is 10.0 Å². The summed E-state index contributed by atoms with van der Waals surface area (Å²) in [5, 5.41) is 2.28. The summed E-state index contributed by atoms with van der Waals surface area (Å²) in [5.74, 6) is 0. The van der Waals surface area contributed by atoms with Crippen molar-refractivity contribution in [2.45, 2.75) is 6.92 Å². The first-order valence-electron chi connectivity index (χ1n) is 3.43. The molecule has 12 heavy (non-hydrogen) atoms. The number of sulfonamides is 1. The Morgan fingerprint density at radius 1 is 1.67 bits per heavy atom. The number of hydrogen-bond donors (Lipinski definition) is 0. The smallest absolute Gasteiger partial charge is 0.234 e. The fourth-order valence-corrected chi connectivity index (χ4v) is 2.80. The fourth-order valence-electron chi connectivity index (χ4n) is 0.851. The molecule has 1 rings (SSSR count). The zero-order valence-corrected chi connectivity index (χ0v) is 8.52. The number of rotatable bonds is 3. The predicted octanol–water partition coefficient (Wildman–Crippen LogP) is 0.929. The molecule has 0 spiro atoms. The number of aromatic nitrogens is 1. The Kier molecular flexibility index (Phi) is 2.69. The first-order chi connectivity index (χ1) is 5.55. The Balaban J connectivity index is 3.00. The average molecular weight is 206 g/mol. The molecule has 0 saturated carbocycles. The lowest BCUT2D eigenvalue weighted by Gasteiger charge is -2.15. The zero-order valence-electron chi connectivity index (χ0n) is 6.89. The molecule has 1 heterocycles. The van der Waals surface area contributed by atoms with Gasteiger partial charge in [-0.2, -0.15) is 0 Å². The lowest BCUT2D eigenvalue weighted by molar-refractivity contribution is 0.597. The number of hydrogen-bond acceptors (Lipinski definition) is 4. The van der Waals surface area contributed by atoms with E-state index in [2.05, 4.69) is 4.98 Å². The molecule has 1 aromatic rings. The van der Waals surface area contributed by atoms with Crippen molar-refractivity contribution in [1.82, 2.24) is 4.98 Å². The third-order valence-electron chi connectivity index (χ3n) is 1.32. The van der Waals surface area contributed by atoms with Crippen LogP contribution < -0.4 is 4.31 Å². The van der Waals surface area contributed by atoms with Crippen LogP contribution in [0.3, 0.4) is 0 Å². The summed E-state index contributed by atoms with van der Waals surface area (Å²) in [6.45, 7) is 2.20. The van der Waals surface area contributed by atoms with Gasteiger partial charge >= 0.3 is 0 Å². The molecule has 0 aliphatic rings. The second-order valence-electron chi connectivity index (χ2n) is 2.24. The van der Waals surface area contributed by atoms with Crippen molar-refractivity contribution in [3.63, 3.8) is 0 Å². The molecule has 4 nitrogen and oxygen atoms in total. The molecule has 0 amide bonds. The highest BCUT2D eigenvalue weighted by Crippen LogP contribution is 2.19. The fraction of sp³-hybridized carbons (Fsp3) is 0.500. The minimum atomic E-state index is -3.16. The van der Waals surface area contributed by atoms with Crippen LogP contribution in [0.2, 0.25) is 0 Å². The monoisotopic (exact) mass is 206 g/mol. The first-order valence-corrected chi connectivity index (χ1v) is 6.15. The lowest BCUT2D eigenvalue weighted by Crippen LogP contribution is -2.29. The molecule has 0 atom stereocenters. The molecule has 0 fully saturated rings. The quantitative estimate of drug-likeness (QED) is 0.739. The van der Waals surface area contributed by atoms with Gasteiger partial charge in [-0.3, -0.25) is 0 Å². The maximum absolute atomic E-state index is 11.2. The van der Waals surface area contributed by atoms with Gasteiger partial charge in [-0.05, 0) is 6.92 Å². The van der Waals surface area contributed by atoms with Crippen LogP contribution in [0.25, 0.3) is 0 Å². The number of nitrogens with zero attached hydrogens (tertiary/aromatic N) is 2. The standard InChI is InChI=1S/C6H10N2O2S2/c1-3-8(12(2,9)10)6-7-4-5-11-6/h4-5H,3H2,1-2H3. The van der Waals surface area contributed by atoms with E-state index >= 15 is 0 Å². The molecule has 0 radical (unpaired) electrons. The van der Waals surface area contributed by atoms with Crippen LogP contribution in [0.4, 0.5) is 5.13 Å². The molecule has 0 aliphatic carbocycles. The van der Waals surface area contributed by atoms with Gasteiger partial charge in [-0.25, -0.2) is 17.7 Å². The van der Waals surface area contributed by atoms with E-state index in [1.807, 2.05) is 0 Å². The van der Waals surface area contributed by atoms with Crippen molar-refractivity contribution in [1.29, 1.82) is 0 Å². The van der Waals surface area contributed by atoms with Crippen molar-refractivity contribution in [3.8, 4) is 0 Å². The van der Waals surface area contributed by atoms with E-state index in [-0.39, 0.29) is 0 Å². The summed E-state index contributed by atoms with van der Waals surface area (Å²) in [6.07, 6.45) is 2.77. The Bertz CT molecular complexity index is 330. The Labute approximate surface area is 75.9 Å². The second-order valence-corrected chi connectivity index (χ2v) is 5.02. The molecule has 1 aromatic heterocycles. The molecular weight excluding hydrogens is 196 g/mol. The molecule has 68 valence electrons. The topological polar surface area (TPSA) is 50.3 Å². The third-order valence-corrected chi connectivity index (χ3v) is 3.46. The van der Waals surface area contributed by atoms with Crippen LogP contribution in [0.15, 0.2) is 11.6 Å². The van der Waals surface area contributed by atoms with Gasteiger partial charge in [-0.1, -0.05) is 0 Å². The summed E-state index contributed by atoms with van der Waals surface area (Å²) in [5.41, 5.74) is 0. The van der Waals surface area contributed by atoms with Crippen molar-refractivity contribution < 1.29 is 8.42 Å². The van der Waals surface area contributed by atoms with Crippen molar-refractivity contribution in [2.75, 3.05) is 17.1 Å². The van der Waals surface area contributed by atoms with Gasteiger partial charge in [0.15, 0.2) is 5.13 Å². The SMILES string of the molecule is CCN(c1nccs1)S(C)(=O)=O. The van der Waals surface area contributed by atoms with Gasteiger partial charge in [0, 0.05) is 18.1 Å². The lowest BCUT2D eigenvalue weighted by atomic mass is 10.8. The van der Waals surface area contributed by atoms with Gasteiger partial charge in [-0.15, -0.1) is 11.3 Å². The van der Waals surface area contributed by atoms with E-state index in [4.69, 9.17) is 0 Å². The van der Waals surface area contributed by atoms with Gasteiger partial charge in [0.2, 0.25) is 10.0 Å². The average Bonchev–Trinajstić information content (AvgIpc) is 2.38. The van der Waals surface area contributed by atoms with E-state index in [9.17, 15) is 8.42 Å². The normalized spacial score (nSPS) is 11.5. The Morgan fingerprint density at radius 2 is 2.33 bits per heavy atom. The predicted molar refractivity (Wildman–Crippen MR) is 50.0 cm³/mol. The summed E-state index contributed by atoms with van der Waals surface area (Å²) < 4.78 is 23.6. The highest BCUT2D eigenvalue weighted by Gasteiger charge is 2.16. The van der Waals surface area contributed by atoms with Crippen LogP contribution in [0.5, 0.6) is 0 Å². The number of anilines is 1. The van der Waals surface area contributed by atoms with E-state index in [0.29, 0.717) is 11.7 Å². The summed E-state index contributed by atoms with van der Waals surface area (Å²) >= 11 is 1.32. The van der Waals surface area contributed by atoms with E-state index in [1.165, 1.54) is 21.9 Å². The maximum atomic E-state index is 11.2. The molecule has 0 saturated heterocycles. The van der Waals surface area contributed by atoms with Crippen molar-refractivity contribution >= 4 is 26.5 Å². The van der Waals surface area contributed by atoms with Crippen molar-refractivity contribution in [3.05, 3.63) is 11.6 Å². The van der Waals surface area contributed by atoms with E-state index < -0.39 is 10.0 Å². The Hall–Kier alpha value is -0.620. The van der Waals surface area contributed by atoms with Gasteiger partial charge in [0.25, 0.3) is 0 Å². The number of thiazole rings is 1.